The van der Waals surface area contributed by atoms with Crippen molar-refractivity contribution in [2.75, 3.05) is 19.6 Å². The number of alkyl carbamates (subject to hydrolysis) is 1. The number of carbonyl (C=O) groups excluding carboxylic acids is 1. The van der Waals surface area contributed by atoms with Crippen LogP contribution in [0.15, 0.2) is 0 Å². The van der Waals surface area contributed by atoms with Gasteiger partial charge in [0.2, 0.25) is 0 Å². The highest BCUT2D eigenvalue weighted by atomic mass is 16.6. The first-order valence-corrected chi connectivity index (χ1v) is 7.49. The minimum Gasteiger partial charge on any atom is -0.444 e. The fourth-order valence-electron chi connectivity index (χ4n) is 1.57. The normalized spacial score (nSPS) is 13.9. The van der Waals surface area contributed by atoms with Crippen LogP contribution in [-0.2, 0) is 4.74 Å². The zero-order valence-electron chi connectivity index (χ0n) is 14.2. The number of hydrogen-bond donors (Lipinski definition) is 3. The highest BCUT2D eigenvalue weighted by Crippen LogP contribution is 2.07. The minimum atomic E-state index is -0.452. The fraction of sp³-hybridized carbons (Fsp3) is 0.933. The molecule has 3 N–H and O–H groups in total. The van der Waals surface area contributed by atoms with Crippen molar-refractivity contribution < 1.29 is 9.53 Å². The van der Waals surface area contributed by atoms with E-state index in [1.165, 1.54) is 0 Å². The van der Waals surface area contributed by atoms with Crippen LogP contribution < -0.4 is 16.0 Å². The second-order valence-electron chi connectivity index (χ2n) is 7.13. The van der Waals surface area contributed by atoms with Gasteiger partial charge < -0.3 is 20.7 Å². The predicted octanol–water partition coefficient (Wildman–Crippen LogP) is 2.27. The summed E-state index contributed by atoms with van der Waals surface area (Å²) in [7, 11) is 0. The van der Waals surface area contributed by atoms with E-state index in [-0.39, 0.29) is 17.7 Å². The van der Waals surface area contributed by atoms with E-state index in [1.807, 2.05) is 20.8 Å². The molecule has 0 saturated carbocycles. The molecule has 0 rings (SSSR count). The molecule has 0 spiro atoms. The molecule has 5 nitrogen and oxygen atoms in total. The summed E-state index contributed by atoms with van der Waals surface area (Å²) >= 11 is 0. The zero-order chi connectivity index (χ0) is 15.8. The third-order valence-electron chi connectivity index (χ3n) is 2.56. The van der Waals surface area contributed by atoms with E-state index in [1.54, 1.807) is 0 Å². The lowest BCUT2D eigenvalue weighted by Crippen LogP contribution is -2.46. The van der Waals surface area contributed by atoms with Crippen LogP contribution in [0, 0.1) is 0 Å². The molecule has 20 heavy (non-hydrogen) atoms. The van der Waals surface area contributed by atoms with Crippen LogP contribution in [0.3, 0.4) is 0 Å². The van der Waals surface area contributed by atoms with Crippen molar-refractivity contribution in [3.05, 3.63) is 0 Å². The summed E-state index contributed by atoms with van der Waals surface area (Å²) in [6.45, 7) is 16.6. The lowest BCUT2D eigenvalue weighted by atomic mass is 10.1. The number of carbonyl (C=O) groups is 1. The molecule has 0 aromatic rings. The molecule has 0 bridgehead atoms. The third-order valence-corrected chi connectivity index (χ3v) is 2.56. The highest BCUT2D eigenvalue weighted by Gasteiger charge is 2.18. The molecule has 120 valence electrons. The summed E-state index contributed by atoms with van der Waals surface area (Å²) in [4.78, 5) is 11.7. The van der Waals surface area contributed by atoms with Crippen molar-refractivity contribution in [2.24, 2.45) is 0 Å². The lowest BCUT2D eigenvalue weighted by molar-refractivity contribution is 0.0502. The van der Waals surface area contributed by atoms with Gasteiger partial charge in [-0.05, 0) is 48.0 Å². The number of hydrogen-bond acceptors (Lipinski definition) is 4. The van der Waals surface area contributed by atoms with Gasteiger partial charge in [-0.1, -0.05) is 6.92 Å². The van der Waals surface area contributed by atoms with Crippen LogP contribution >= 0.6 is 0 Å². The Morgan fingerprint density at radius 2 is 1.70 bits per heavy atom. The maximum absolute atomic E-state index is 11.7. The zero-order valence-corrected chi connectivity index (χ0v) is 14.2. The molecule has 1 atom stereocenters. The molecule has 0 aromatic carbocycles. The van der Waals surface area contributed by atoms with Gasteiger partial charge in [0.15, 0.2) is 0 Å². The number of rotatable bonds is 7. The SMILES string of the molecule is CCC(CNCCNC(C)(C)C)NC(=O)OC(C)(C)C. The van der Waals surface area contributed by atoms with Crippen molar-refractivity contribution >= 4 is 6.09 Å². The van der Waals surface area contributed by atoms with Gasteiger partial charge in [0.1, 0.15) is 5.60 Å². The molecular weight excluding hydrogens is 254 g/mol. The summed E-state index contributed by atoms with van der Waals surface area (Å²) in [5, 5.41) is 9.64. The van der Waals surface area contributed by atoms with Crippen molar-refractivity contribution in [3.63, 3.8) is 0 Å². The molecule has 0 fully saturated rings. The van der Waals surface area contributed by atoms with Crippen LogP contribution in [0.5, 0.6) is 0 Å². The van der Waals surface area contributed by atoms with Crippen molar-refractivity contribution in [1.29, 1.82) is 0 Å². The minimum absolute atomic E-state index is 0.0967. The Morgan fingerprint density at radius 1 is 1.10 bits per heavy atom. The Bertz CT molecular complexity index is 280. The third kappa shape index (κ3) is 12.2. The van der Waals surface area contributed by atoms with E-state index in [0.717, 1.165) is 26.1 Å². The fourth-order valence-corrected chi connectivity index (χ4v) is 1.57. The van der Waals surface area contributed by atoms with Crippen molar-refractivity contribution in [3.8, 4) is 0 Å². The van der Waals surface area contributed by atoms with E-state index < -0.39 is 5.60 Å². The van der Waals surface area contributed by atoms with E-state index in [4.69, 9.17) is 4.74 Å². The number of ether oxygens (including phenoxy) is 1. The topological polar surface area (TPSA) is 62.4 Å². The van der Waals surface area contributed by atoms with Gasteiger partial charge in [-0.2, -0.15) is 0 Å². The van der Waals surface area contributed by atoms with Crippen LogP contribution in [0.2, 0.25) is 0 Å². The van der Waals surface area contributed by atoms with Gasteiger partial charge in [-0.25, -0.2) is 4.79 Å². The summed E-state index contributed by atoms with van der Waals surface area (Å²) in [5.74, 6) is 0. The predicted molar refractivity (Wildman–Crippen MR) is 84.1 cm³/mol. The number of amides is 1. The Labute approximate surface area is 124 Å². The molecule has 1 amide bonds. The van der Waals surface area contributed by atoms with Gasteiger partial charge in [0.05, 0.1) is 0 Å². The molecule has 0 aromatic heterocycles. The lowest BCUT2D eigenvalue weighted by Gasteiger charge is -2.24. The van der Waals surface area contributed by atoms with E-state index >= 15 is 0 Å². The average Bonchev–Trinajstić information content (AvgIpc) is 2.22. The van der Waals surface area contributed by atoms with Crippen LogP contribution in [0.4, 0.5) is 4.79 Å². The number of nitrogens with one attached hydrogen (secondary N) is 3. The molecule has 0 radical (unpaired) electrons. The largest absolute Gasteiger partial charge is 0.444 e. The second kappa shape index (κ2) is 8.47. The van der Waals surface area contributed by atoms with Crippen LogP contribution in [0.1, 0.15) is 54.9 Å². The first-order chi connectivity index (χ1) is 9.03. The first kappa shape index (κ1) is 19.2. The van der Waals surface area contributed by atoms with Crippen molar-refractivity contribution in [1.82, 2.24) is 16.0 Å². The van der Waals surface area contributed by atoms with Gasteiger partial charge in [0.25, 0.3) is 0 Å². The molecule has 1 unspecified atom stereocenters. The van der Waals surface area contributed by atoms with E-state index in [0.29, 0.717) is 0 Å². The standard InChI is InChI=1S/C15H33N3O2/c1-8-12(18-13(19)20-15(5,6)7)11-16-9-10-17-14(2,3)4/h12,16-17H,8-11H2,1-7H3,(H,18,19). The van der Waals surface area contributed by atoms with Crippen LogP contribution in [-0.4, -0.2) is 42.9 Å². The van der Waals surface area contributed by atoms with E-state index in [9.17, 15) is 4.79 Å². The van der Waals surface area contributed by atoms with Gasteiger partial charge in [-0.3, -0.25) is 0 Å². The van der Waals surface area contributed by atoms with E-state index in [2.05, 4.69) is 43.6 Å². The Hall–Kier alpha value is -0.810. The maximum atomic E-state index is 11.7. The maximum Gasteiger partial charge on any atom is 0.407 e. The second-order valence-corrected chi connectivity index (χ2v) is 7.13. The van der Waals surface area contributed by atoms with Crippen molar-refractivity contribution in [2.45, 2.75) is 72.1 Å². The van der Waals surface area contributed by atoms with Gasteiger partial charge >= 0.3 is 6.09 Å². The summed E-state index contributed by atoms with van der Waals surface area (Å²) in [6.07, 6.45) is 0.526. The van der Waals surface area contributed by atoms with Gasteiger partial charge in [0, 0.05) is 31.2 Å². The molecular formula is C15H33N3O2. The molecule has 5 heteroatoms. The van der Waals surface area contributed by atoms with Gasteiger partial charge in [-0.15, -0.1) is 0 Å². The summed E-state index contributed by atoms with van der Waals surface area (Å²) in [6, 6.07) is 0.0967. The Morgan fingerprint density at radius 3 is 2.15 bits per heavy atom. The first-order valence-electron chi connectivity index (χ1n) is 7.49. The average molecular weight is 287 g/mol. The monoisotopic (exact) mass is 287 g/mol. The quantitative estimate of drug-likeness (QED) is 0.629. The molecule has 0 aliphatic rings. The van der Waals surface area contributed by atoms with Crippen LogP contribution in [0.25, 0.3) is 0 Å². The molecule has 0 saturated heterocycles. The molecule has 0 heterocycles. The Kier molecular flexibility index (Phi) is 8.13. The summed E-state index contributed by atoms with van der Waals surface area (Å²) in [5.41, 5.74) is -0.312. The smallest absolute Gasteiger partial charge is 0.407 e. The Balaban J connectivity index is 3.85. The highest BCUT2D eigenvalue weighted by molar-refractivity contribution is 5.68. The summed E-state index contributed by atoms with van der Waals surface area (Å²) < 4.78 is 5.25. The molecule has 0 aliphatic heterocycles. The molecule has 0 aliphatic carbocycles.